The number of esters is 2. The van der Waals surface area contributed by atoms with Crippen LogP contribution in [-0.4, -0.2) is 25.2 Å². The Balaban J connectivity index is 1.58. The highest BCUT2D eigenvalue weighted by Gasteiger charge is 2.40. The monoisotopic (exact) mass is 696 g/mol. The molecule has 0 aliphatic rings. The Morgan fingerprint density at radius 1 is 0.612 bits per heavy atom. The van der Waals surface area contributed by atoms with E-state index in [4.69, 9.17) is 9.47 Å². The van der Waals surface area contributed by atoms with E-state index in [9.17, 15) is 40.3 Å². The number of aryl methyl sites for hydroxylation is 2. The number of hydrogen-bond donors (Lipinski definition) is 0. The van der Waals surface area contributed by atoms with E-state index in [2.05, 4.69) is 22.6 Å². The molecule has 0 heterocycles. The first kappa shape index (κ1) is 38.6. The number of benzene rings is 3. The zero-order valence-electron chi connectivity index (χ0n) is 26.9. The number of carbonyl (C=O) groups excluding carboxylic acids is 2. The number of ether oxygens (including phenoxy) is 4. The fraction of sp³-hybridized carbons (Fsp3) is 0.333. The lowest BCUT2D eigenvalue weighted by Crippen LogP contribution is -2.25. The van der Waals surface area contributed by atoms with Crippen LogP contribution in [0.25, 0.3) is 0 Å². The van der Waals surface area contributed by atoms with Gasteiger partial charge in [-0.1, -0.05) is 25.3 Å². The molecular weight excluding hydrogens is 661 g/mol. The van der Waals surface area contributed by atoms with Gasteiger partial charge in [0.05, 0.1) is 24.3 Å². The Bertz CT molecular complexity index is 1670. The van der Waals surface area contributed by atoms with E-state index in [1.807, 2.05) is 0 Å². The van der Waals surface area contributed by atoms with Crippen molar-refractivity contribution in [3.63, 3.8) is 0 Å². The molecule has 0 aliphatic heterocycles. The normalized spacial score (nSPS) is 11.5. The molecule has 0 radical (unpaired) electrons. The maximum Gasteiger partial charge on any atom is 0.429 e. The lowest BCUT2D eigenvalue weighted by atomic mass is 10.0. The van der Waals surface area contributed by atoms with Crippen molar-refractivity contribution >= 4 is 11.9 Å². The Labute approximate surface area is 279 Å². The Hall–Kier alpha value is -4.81. The van der Waals surface area contributed by atoms with E-state index in [1.165, 1.54) is 26.0 Å². The smallest absolute Gasteiger partial charge is 0.429 e. The molecule has 13 heteroatoms. The van der Waals surface area contributed by atoms with Crippen molar-refractivity contribution < 1.29 is 59.3 Å². The zero-order chi connectivity index (χ0) is 36.4. The third kappa shape index (κ3) is 11.4. The molecule has 3 aromatic rings. The summed E-state index contributed by atoms with van der Waals surface area (Å²) in [6, 6.07) is 7.49. The van der Waals surface area contributed by atoms with Crippen LogP contribution >= 0.6 is 0 Å². The minimum atomic E-state index is -4.35. The van der Waals surface area contributed by atoms with E-state index >= 15 is 0 Å². The predicted octanol–water partition coefficient (Wildman–Crippen LogP) is 9.24. The lowest BCUT2D eigenvalue weighted by Gasteiger charge is -2.21. The third-order valence-corrected chi connectivity index (χ3v) is 6.96. The molecule has 0 saturated heterocycles. The summed E-state index contributed by atoms with van der Waals surface area (Å²) in [6.45, 7) is 10.1. The third-order valence-electron chi connectivity index (χ3n) is 6.96. The highest BCUT2D eigenvalue weighted by atomic mass is 19.3. The number of carbonyl (C=O) groups is 2. The summed E-state index contributed by atoms with van der Waals surface area (Å²) < 4.78 is 122. The molecule has 0 saturated carbocycles. The van der Waals surface area contributed by atoms with Crippen molar-refractivity contribution in [2.45, 2.75) is 64.6 Å². The first-order valence-electron chi connectivity index (χ1n) is 15.2. The van der Waals surface area contributed by atoms with E-state index in [-0.39, 0.29) is 24.4 Å². The molecule has 0 bridgehead atoms. The van der Waals surface area contributed by atoms with Crippen molar-refractivity contribution in [3.05, 3.63) is 119 Å². The van der Waals surface area contributed by atoms with Gasteiger partial charge in [-0.3, -0.25) is 0 Å². The van der Waals surface area contributed by atoms with Gasteiger partial charge in [-0.15, -0.1) is 0 Å². The topological polar surface area (TPSA) is 71.1 Å². The summed E-state index contributed by atoms with van der Waals surface area (Å²) >= 11 is 0. The van der Waals surface area contributed by atoms with Gasteiger partial charge in [-0.05, 0) is 99.9 Å². The highest BCUT2D eigenvalue weighted by molar-refractivity contribution is 5.87. The molecule has 0 aromatic heterocycles. The second kappa shape index (κ2) is 17.0. The Morgan fingerprint density at radius 3 is 1.47 bits per heavy atom. The van der Waals surface area contributed by atoms with E-state index in [0.29, 0.717) is 67.9 Å². The molecular formula is C36H35F7O6. The Morgan fingerprint density at radius 2 is 1.06 bits per heavy atom. The van der Waals surface area contributed by atoms with Crippen LogP contribution in [-0.2, 0) is 44.1 Å². The second-order valence-corrected chi connectivity index (χ2v) is 11.2. The average molecular weight is 697 g/mol. The predicted molar refractivity (Wildman–Crippen MR) is 166 cm³/mol. The van der Waals surface area contributed by atoms with Crippen LogP contribution < -0.4 is 9.47 Å². The first-order valence-corrected chi connectivity index (χ1v) is 15.2. The summed E-state index contributed by atoms with van der Waals surface area (Å²) in [5.74, 6) is -7.14. The van der Waals surface area contributed by atoms with Crippen molar-refractivity contribution in [1.29, 1.82) is 0 Å². The van der Waals surface area contributed by atoms with Crippen LogP contribution in [0.1, 0.15) is 61.8 Å². The van der Waals surface area contributed by atoms with Gasteiger partial charge < -0.3 is 18.9 Å². The van der Waals surface area contributed by atoms with Gasteiger partial charge in [-0.2, -0.15) is 17.6 Å². The first-order chi connectivity index (χ1) is 23.0. The summed E-state index contributed by atoms with van der Waals surface area (Å²) in [5.41, 5.74) is -1.09. The number of hydrogen-bond acceptors (Lipinski definition) is 6. The van der Waals surface area contributed by atoms with E-state index in [0.717, 1.165) is 24.3 Å². The molecule has 49 heavy (non-hydrogen) atoms. The average Bonchev–Trinajstić information content (AvgIpc) is 3.01. The molecule has 6 nitrogen and oxygen atoms in total. The van der Waals surface area contributed by atoms with Crippen LogP contribution in [0.4, 0.5) is 30.7 Å². The van der Waals surface area contributed by atoms with Gasteiger partial charge in [0.1, 0.15) is 17.4 Å². The van der Waals surface area contributed by atoms with Crippen LogP contribution in [0.5, 0.6) is 11.5 Å². The van der Waals surface area contributed by atoms with Crippen molar-refractivity contribution in [1.82, 2.24) is 0 Å². The van der Waals surface area contributed by atoms with Gasteiger partial charge in [0.25, 0.3) is 0 Å². The molecule has 0 N–H and O–H groups in total. The minimum absolute atomic E-state index is 0.106. The summed E-state index contributed by atoms with van der Waals surface area (Å²) in [5, 5.41) is 0. The molecule has 0 fully saturated rings. The van der Waals surface area contributed by atoms with Crippen LogP contribution in [0.2, 0.25) is 0 Å². The number of rotatable bonds is 18. The maximum atomic E-state index is 14.9. The van der Waals surface area contributed by atoms with Crippen molar-refractivity contribution in [2.75, 3.05) is 13.2 Å². The van der Waals surface area contributed by atoms with Gasteiger partial charge in [0.15, 0.2) is 11.6 Å². The lowest BCUT2D eigenvalue weighted by molar-refractivity contribution is -0.191. The molecule has 0 aliphatic carbocycles. The number of halogens is 7. The molecule has 264 valence electrons. The maximum absolute atomic E-state index is 14.9. The van der Waals surface area contributed by atoms with Crippen molar-refractivity contribution in [2.24, 2.45) is 0 Å². The van der Waals surface area contributed by atoms with Gasteiger partial charge in [0.2, 0.25) is 0 Å². The SMILES string of the molecule is C=C(C)C(=O)OCCCCc1ccc(C(F)(F)Oc2ccc(OC(F)(F)c3ccc(CCCCOC(=O)C(=C)C)cc3F)c(F)c2)c(F)c1. The van der Waals surface area contributed by atoms with Crippen LogP contribution in [0, 0.1) is 17.5 Å². The molecule has 0 spiro atoms. The largest absolute Gasteiger partial charge is 0.462 e. The Kier molecular flexibility index (Phi) is 13.4. The fourth-order valence-electron chi connectivity index (χ4n) is 4.36. The fourth-order valence-corrected chi connectivity index (χ4v) is 4.36. The second-order valence-electron chi connectivity index (χ2n) is 11.2. The number of alkyl halides is 4. The summed E-state index contributed by atoms with van der Waals surface area (Å²) in [4.78, 5) is 22.8. The van der Waals surface area contributed by atoms with Crippen LogP contribution in [0.15, 0.2) is 78.9 Å². The van der Waals surface area contributed by atoms with Crippen LogP contribution in [0.3, 0.4) is 0 Å². The highest BCUT2D eigenvalue weighted by Crippen LogP contribution is 2.38. The zero-order valence-corrected chi connectivity index (χ0v) is 26.9. The molecule has 0 atom stereocenters. The van der Waals surface area contributed by atoms with E-state index in [1.54, 1.807) is 0 Å². The quantitative estimate of drug-likeness (QED) is 0.0572. The summed E-state index contributed by atoms with van der Waals surface area (Å²) in [6.07, 6.45) is -6.23. The molecule has 3 aromatic carbocycles. The summed E-state index contributed by atoms with van der Waals surface area (Å²) in [7, 11) is 0. The van der Waals surface area contributed by atoms with Crippen molar-refractivity contribution in [3.8, 4) is 11.5 Å². The van der Waals surface area contributed by atoms with Gasteiger partial charge >= 0.3 is 24.2 Å². The van der Waals surface area contributed by atoms with Gasteiger partial charge in [-0.25, -0.2) is 22.8 Å². The molecule has 3 rings (SSSR count). The molecule has 0 unspecified atom stereocenters. The molecule has 0 amide bonds. The number of unbranched alkanes of at least 4 members (excludes halogenated alkanes) is 2. The minimum Gasteiger partial charge on any atom is -0.462 e. The van der Waals surface area contributed by atoms with E-state index < -0.39 is 64.2 Å². The van der Waals surface area contributed by atoms with Gasteiger partial charge in [0, 0.05) is 17.2 Å². The standard InChI is InChI=1S/C36H35F7O6/c1-22(2)33(44)46-17-7-5-9-24-11-14-27(29(37)19-24)35(40,41)48-26-13-16-32(31(39)21-26)49-36(42,43)28-15-12-25(20-30(28)38)10-6-8-18-47-34(45)23(3)4/h11-16,19-21H,1,3,5-10,17-18H2,2,4H3.